The summed E-state index contributed by atoms with van der Waals surface area (Å²) >= 11 is 5.89. The quantitative estimate of drug-likeness (QED) is 0.871. The number of para-hydroxylation sites is 1. The van der Waals surface area contributed by atoms with Gasteiger partial charge >= 0.3 is 0 Å². The van der Waals surface area contributed by atoms with Crippen molar-refractivity contribution in [2.45, 2.75) is 13.0 Å². The molecule has 1 unspecified atom stereocenters. The van der Waals surface area contributed by atoms with Gasteiger partial charge in [0.15, 0.2) is 6.61 Å². The molecule has 0 heterocycles. The summed E-state index contributed by atoms with van der Waals surface area (Å²) in [6.45, 7) is 1.59. The molecule has 5 heteroatoms. The van der Waals surface area contributed by atoms with Crippen LogP contribution in [0.3, 0.4) is 0 Å². The molecule has 1 rings (SSSR count). The van der Waals surface area contributed by atoms with Crippen molar-refractivity contribution in [2.75, 3.05) is 20.3 Å². The molecule has 0 spiro atoms. The molecule has 0 saturated heterocycles. The second-order valence-corrected chi connectivity index (χ2v) is 4.16. The largest absolute Gasteiger partial charge is 0.482 e. The fourth-order valence-corrected chi connectivity index (χ4v) is 1.36. The zero-order valence-corrected chi connectivity index (χ0v) is 10.6. The van der Waals surface area contributed by atoms with Gasteiger partial charge in [0.1, 0.15) is 5.75 Å². The molecule has 0 saturated carbocycles. The molecule has 0 aromatic heterocycles. The van der Waals surface area contributed by atoms with Crippen LogP contribution in [0.5, 0.6) is 5.75 Å². The highest BCUT2D eigenvalue weighted by molar-refractivity contribution is 6.32. The number of ether oxygens (including phenoxy) is 1. The highest BCUT2D eigenvalue weighted by Crippen LogP contribution is 2.22. The van der Waals surface area contributed by atoms with Gasteiger partial charge in [0.25, 0.3) is 5.91 Å². The van der Waals surface area contributed by atoms with Crippen molar-refractivity contribution in [3.8, 4) is 5.75 Å². The fraction of sp³-hybridized carbons (Fsp3) is 0.417. The smallest absolute Gasteiger partial charge is 0.260 e. The van der Waals surface area contributed by atoms with E-state index in [9.17, 15) is 4.79 Å². The molecule has 0 aliphatic carbocycles. The van der Waals surface area contributed by atoms with Crippen molar-refractivity contribution in [2.24, 2.45) is 0 Å². The van der Waals surface area contributed by atoms with E-state index in [0.29, 0.717) is 10.8 Å². The van der Waals surface area contributed by atoms with Crippen LogP contribution >= 0.6 is 11.6 Å². The molecule has 94 valence electrons. The van der Waals surface area contributed by atoms with E-state index in [0.717, 1.165) is 0 Å². The summed E-state index contributed by atoms with van der Waals surface area (Å²) in [4.78, 5) is 13.1. The van der Waals surface area contributed by atoms with E-state index in [1.807, 2.05) is 0 Å². The average molecular weight is 258 g/mol. The molecule has 1 amide bonds. The number of hydrogen-bond donors (Lipinski definition) is 1. The molecule has 1 aromatic carbocycles. The minimum absolute atomic E-state index is 0.0751. The van der Waals surface area contributed by atoms with Crippen molar-refractivity contribution in [1.29, 1.82) is 0 Å². The normalized spacial score (nSPS) is 12.0. The first-order chi connectivity index (χ1) is 8.06. The van der Waals surface area contributed by atoms with Crippen molar-refractivity contribution in [3.63, 3.8) is 0 Å². The molecule has 0 aliphatic rings. The monoisotopic (exact) mass is 257 g/mol. The maximum Gasteiger partial charge on any atom is 0.260 e. The Morgan fingerprint density at radius 3 is 2.76 bits per heavy atom. The third-order valence-corrected chi connectivity index (χ3v) is 2.82. The Morgan fingerprint density at radius 2 is 2.18 bits per heavy atom. The molecule has 0 aliphatic heterocycles. The lowest BCUT2D eigenvalue weighted by atomic mass is 10.3. The molecule has 1 aromatic rings. The number of likely N-dealkylation sites (N-methyl/N-ethyl adjacent to an activating group) is 1. The zero-order chi connectivity index (χ0) is 12.8. The minimum atomic E-state index is -0.225. The fourth-order valence-electron chi connectivity index (χ4n) is 1.17. The van der Waals surface area contributed by atoms with Crippen molar-refractivity contribution >= 4 is 17.5 Å². The number of amides is 1. The van der Waals surface area contributed by atoms with Gasteiger partial charge in [-0.25, -0.2) is 0 Å². The Bertz CT molecular complexity index is 384. The third kappa shape index (κ3) is 3.91. The number of aliphatic hydroxyl groups excluding tert-OH is 1. The first kappa shape index (κ1) is 13.8. The van der Waals surface area contributed by atoms with Crippen LogP contribution < -0.4 is 4.74 Å². The van der Waals surface area contributed by atoms with Crippen molar-refractivity contribution < 1.29 is 14.6 Å². The number of carbonyl (C=O) groups excluding carboxylic acids is 1. The highest BCUT2D eigenvalue weighted by Gasteiger charge is 2.15. The Labute approximate surface area is 106 Å². The van der Waals surface area contributed by atoms with Crippen LogP contribution in [0.4, 0.5) is 0 Å². The van der Waals surface area contributed by atoms with Gasteiger partial charge in [0.05, 0.1) is 17.7 Å². The number of nitrogens with zero attached hydrogens (tertiary/aromatic N) is 1. The van der Waals surface area contributed by atoms with Crippen molar-refractivity contribution in [1.82, 2.24) is 4.90 Å². The van der Waals surface area contributed by atoms with E-state index in [1.54, 1.807) is 38.2 Å². The van der Waals surface area contributed by atoms with E-state index in [1.165, 1.54) is 4.90 Å². The van der Waals surface area contributed by atoms with Gasteiger partial charge in [-0.3, -0.25) is 4.79 Å². The maximum atomic E-state index is 11.7. The van der Waals surface area contributed by atoms with Crippen LogP contribution in [0.25, 0.3) is 0 Å². The van der Waals surface area contributed by atoms with E-state index in [2.05, 4.69) is 0 Å². The molecular weight excluding hydrogens is 242 g/mol. The van der Waals surface area contributed by atoms with Crippen LogP contribution in [0.1, 0.15) is 6.92 Å². The summed E-state index contributed by atoms with van der Waals surface area (Å²) in [5.41, 5.74) is 0. The SMILES string of the molecule is CC(CO)N(C)C(=O)COc1ccccc1Cl. The number of aliphatic hydroxyl groups is 1. The molecule has 4 nitrogen and oxygen atoms in total. The molecule has 0 radical (unpaired) electrons. The van der Waals surface area contributed by atoms with Crippen LogP contribution in [-0.2, 0) is 4.79 Å². The number of halogens is 1. The third-order valence-electron chi connectivity index (χ3n) is 2.51. The second kappa shape index (κ2) is 6.47. The van der Waals surface area contributed by atoms with E-state index < -0.39 is 0 Å². The average Bonchev–Trinajstić information content (AvgIpc) is 2.35. The summed E-state index contributed by atoms with van der Waals surface area (Å²) in [6, 6.07) is 6.74. The molecular formula is C12H16ClNO3. The van der Waals surface area contributed by atoms with Crippen molar-refractivity contribution in [3.05, 3.63) is 29.3 Å². The van der Waals surface area contributed by atoms with Gasteiger partial charge in [0, 0.05) is 7.05 Å². The van der Waals surface area contributed by atoms with E-state index in [4.69, 9.17) is 21.4 Å². The highest BCUT2D eigenvalue weighted by atomic mass is 35.5. The Kier molecular flexibility index (Phi) is 5.25. The number of carbonyl (C=O) groups is 1. The zero-order valence-electron chi connectivity index (χ0n) is 9.89. The van der Waals surface area contributed by atoms with Crippen LogP contribution in [0, 0.1) is 0 Å². The second-order valence-electron chi connectivity index (χ2n) is 3.76. The number of benzene rings is 1. The molecule has 0 fully saturated rings. The van der Waals surface area contributed by atoms with Crippen LogP contribution in [-0.4, -0.2) is 42.2 Å². The first-order valence-electron chi connectivity index (χ1n) is 5.30. The lowest BCUT2D eigenvalue weighted by Crippen LogP contribution is -2.40. The molecule has 1 atom stereocenters. The lowest BCUT2D eigenvalue weighted by Gasteiger charge is -2.23. The van der Waals surface area contributed by atoms with Gasteiger partial charge < -0.3 is 14.7 Å². The van der Waals surface area contributed by atoms with Gasteiger partial charge in [-0.15, -0.1) is 0 Å². The predicted molar refractivity (Wildman–Crippen MR) is 66.3 cm³/mol. The van der Waals surface area contributed by atoms with Crippen LogP contribution in [0.15, 0.2) is 24.3 Å². The van der Waals surface area contributed by atoms with Gasteiger partial charge in [-0.1, -0.05) is 23.7 Å². The summed E-state index contributed by atoms with van der Waals surface area (Å²) in [7, 11) is 1.62. The lowest BCUT2D eigenvalue weighted by molar-refractivity contribution is -0.134. The Balaban J connectivity index is 2.51. The molecule has 17 heavy (non-hydrogen) atoms. The topological polar surface area (TPSA) is 49.8 Å². The first-order valence-corrected chi connectivity index (χ1v) is 5.68. The van der Waals surface area contributed by atoms with E-state index >= 15 is 0 Å². The van der Waals surface area contributed by atoms with Gasteiger partial charge in [-0.05, 0) is 19.1 Å². The predicted octanol–water partition coefficient (Wildman–Crippen LogP) is 1.56. The molecule has 0 bridgehead atoms. The van der Waals surface area contributed by atoms with Crippen LogP contribution in [0.2, 0.25) is 5.02 Å². The molecule has 1 N–H and O–H groups in total. The standard InChI is InChI=1S/C12H16ClNO3/c1-9(7-15)14(2)12(16)8-17-11-6-4-3-5-10(11)13/h3-6,9,15H,7-8H2,1-2H3. The number of rotatable bonds is 5. The Hall–Kier alpha value is -1.26. The van der Waals surface area contributed by atoms with Gasteiger partial charge in [-0.2, -0.15) is 0 Å². The summed E-state index contributed by atoms with van der Waals surface area (Å²) < 4.78 is 5.31. The minimum Gasteiger partial charge on any atom is -0.482 e. The summed E-state index contributed by atoms with van der Waals surface area (Å²) in [6.07, 6.45) is 0. The number of hydrogen-bond acceptors (Lipinski definition) is 3. The Morgan fingerprint density at radius 1 is 1.53 bits per heavy atom. The summed E-state index contributed by atoms with van der Waals surface area (Å²) in [5, 5.41) is 9.40. The van der Waals surface area contributed by atoms with Gasteiger partial charge in [0.2, 0.25) is 0 Å². The maximum absolute atomic E-state index is 11.7. The van der Waals surface area contributed by atoms with E-state index in [-0.39, 0.29) is 25.2 Å². The summed E-state index contributed by atoms with van der Waals surface area (Å²) in [5.74, 6) is 0.277.